The normalized spacial score (nSPS) is 11.2. The van der Waals surface area contributed by atoms with Crippen LogP contribution in [0.15, 0.2) is 83.8 Å². The minimum atomic E-state index is -3.88. The number of hydrogen-bond acceptors (Lipinski definition) is 6. The van der Waals surface area contributed by atoms with Gasteiger partial charge in [0.2, 0.25) is 10.0 Å². The summed E-state index contributed by atoms with van der Waals surface area (Å²) in [6, 6.07) is 19.3. The van der Waals surface area contributed by atoms with Gasteiger partial charge in [0.15, 0.2) is 5.69 Å². The molecule has 11 heteroatoms. The van der Waals surface area contributed by atoms with Crippen molar-refractivity contribution in [2.24, 2.45) is 5.14 Å². The summed E-state index contributed by atoms with van der Waals surface area (Å²) in [6.07, 6.45) is 0. The molecule has 3 N–H and O–H groups in total. The Balaban J connectivity index is 1.69. The van der Waals surface area contributed by atoms with Crippen LogP contribution in [0, 0.1) is 5.82 Å². The average Bonchev–Trinajstić information content (AvgIpc) is 3.23. The Morgan fingerprint density at radius 3 is 2.36 bits per heavy atom. The minimum Gasteiger partial charge on any atom is -0.336 e. The van der Waals surface area contributed by atoms with Crippen molar-refractivity contribution in [3.8, 4) is 16.9 Å². The van der Waals surface area contributed by atoms with E-state index < -0.39 is 21.8 Å². The number of nitrogens with two attached hydrogens (primary N) is 1. The SMILES string of the molecule is NS(=O)(=O)c1ccc(-n2nc(C(=O)ONc3cccc(Cl)c3)cc2-c2ccc(F)cc2)cc1. The van der Waals surface area contributed by atoms with E-state index in [2.05, 4.69) is 10.6 Å². The largest absolute Gasteiger partial charge is 0.383 e. The summed E-state index contributed by atoms with van der Waals surface area (Å²) >= 11 is 5.92. The fourth-order valence-corrected chi connectivity index (χ4v) is 3.70. The number of primary sulfonamides is 1. The molecule has 4 aromatic rings. The number of carbonyl (C=O) groups excluding carboxylic acids is 1. The van der Waals surface area contributed by atoms with Gasteiger partial charge in [-0.05, 0) is 72.8 Å². The molecule has 1 aromatic heterocycles. The maximum absolute atomic E-state index is 13.4. The maximum Gasteiger partial charge on any atom is 0.383 e. The van der Waals surface area contributed by atoms with Gasteiger partial charge in [-0.25, -0.2) is 32.9 Å². The molecule has 0 aliphatic rings. The van der Waals surface area contributed by atoms with Gasteiger partial charge in [0, 0.05) is 10.6 Å². The van der Waals surface area contributed by atoms with Crippen molar-refractivity contribution in [2.75, 3.05) is 5.48 Å². The fourth-order valence-electron chi connectivity index (χ4n) is 2.99. The standard InChI is InChI=1S/C22H16ClFN4O4S/c23-15-2-1-3-17(12-15)27-32-22(29)20-13-21(14-4-6-16(24)7-5-14)28(26-20)18-8-10-19(11-9-18)33(25,30)31/h1-13,27H,(H2,25,30,31). The number of nitrogens with zero attached hydrogens (tertiary/aromatic N) is 2. The number of benzene rings is 3. The van der Waals surface area contributed by atoms with E-state index >= 15 is 0 Å². The van der Waals surface area contributed by atoms with Crippen LogP contribution in [0.1, 0.15) is 10.5 Å². The summed E-state index contributed by atoms with van der Waals surface area (Å²) in [6.45, 7) is 0. The average molecular weight is 487 g/mol. The minimum absolute atomic E-state index is 0.0422. The summed E-state index contributed by atoms with van der Waals surface area (Å²) in [5.74, 6) is -1.20. The van der Waals surface area contributed by atoms with E-state index in [0.29, 0.717) is 27.7 Å². The van der Waals surface area contributed by atoms with E-state index in [1.54, 1.807) is 24.3 Å². The van der Waals surface area contributed by atoms with Gasteiger partial charge in [0.05, 0.1) is 22.0 Å². The van der Waals surface area contributed by atoms with Gasteiger partial charge in [-0.1, -0.05) is 17.7 Å². The number of halogens is 2. The highest BCUT2D eigenvalue weighted by molar-refractivity contribution is 7.89. The highest BCUT2D eigenvalue weighted by Crippen LogP contribution is 2.26. The molecule has 0 aliphatic heterocycles. The van der Waals surface area contributed by atoms with Crippen LogP contribution in [-0.2, 0) is 14.9 Å². The molecule has 0 aliphatic carbocycles. The predicted molar refractivity (Wildman–Crippen MR) is 121 cm³/mol. The maximum atomic E-state index is 13.4. The van der Waals surface area contributed by atoms with Crippen molar-refractivity contribution in [3.05, 3.63) is 95.4 Å². The van der Waals surface area contributed by atoms with Gasteiger partial charge in [-0.2, -0.15) is 5.10 Å². The lowest BCUT2D eigenvalue weighted by Crippen LogP contribution is -2.13. The van der Waals surface area contributed by atoms with Crippen LogP contribution in [-0.4, -0.2) is 24.2 Å². The van der Waals surface area contributed by atoms with E-state index in [4.69, 9.17) is 21.6 Å². The number of nitrogens with one attached hydrogen (secondary N) is 1. The van der Waals surface area contributed by atoms with Gasteiger partial charge in [-0.15, -0.1) is 0 Å². The predicted octanol–water partition coefficient (Wildman–Crippen LogP) is 4.16. The van der Waals surface area contributed by atoms with Crippen molar-refractivity contribution in [1.29, 1.82) is 0 Å². The van der Waals surface area contributed by atoms with Gasteiger partial charge >= 0.3 is 5.97 Å². The number of anilines is 1. The number of hydrogen-bond donors (Lipinski definition) is 2. The van der Waals surface area contributed by atoms with Gasteiger partial charge < -0.3 is 4.84 Å². The van der Waals surface area contributed by atoms with Crippen molar-refractivity contribution >= 4 is 33.3 Å². The Bertz CT molecular complexity index is 1420. The van der Waals surface area contributed by atoms with Crippen LogP contribution in [0.2, 0.25) is 5.02 Å². The monoisotopic (exact) mass is 486 g/mol. The second kappa shape index (κ2) is 9.02. The smallest absolute Gasteiger partial charge is 0.336 e. The summed E-state index contributed by atoms with van der Waals surface area (Å²) < 4.78 is 37.9. The summed E-state index contributed by atoms with van der Waals surface area (Å²) in [4.78, 5) is 17.7. The third-order valence-corrected chi connectivity index (χ3v) is 5.72. The molecule has 8 nitrogen and oxygen atoms in total. The molecule has 168 valence electrons. The first kappa shape index (κ1) is 22.5. The Labute approximate surface area is 193 Å². The van der Waals surface area contributed by atoms with Gasteiger partial charge in [0.1, 0.15) is 5.82 Å². The molecule has 0 fully saturated rings. The first-order valence-electron chi connectivity index (χ1n) is 9.43. The molecule has 1 heterocycles. The van der Waals surface area contributed by atoms with Crippen LogP contribution in [0.3, 0.4) is 0 Å². The third-order valence-electron chi connectivity index (χ3n) is 4.55. The first-order valence-corrected chi connectivity index (χ1v) is 11.4. The highest BCUT2D eigenvalue weighted by Gasteiger charge is 2.19. The molecular weight excluding hydrogens is 471 g/mol. The number of aromatic nitrogens is 2. The zero-order valence-corrected chi connectivity index (χ0v) is 18.3. The Morgan fingerprint density at radius 2 is 1.73 bits per heavy atom. The van der Waals surface area contributed by atoms with E-state index in [-0.39, 0.29) is 10.6 Å². The van der Waals surface area contributed by atoms with Crippen LogP contribution >= 0.6 is 11.6 Å². The molecule has 0 saturated heterocycles. The van der Waals surface area contributed by atoms with Crippen molar-refractivity contribution < 1.29 is 22.4 Å². The van der Waals surface area contributed by atoms with Gasteiger partial charge in [-0.3, -0.25) is 0 Å². The molecule has 0 unspecified atom stereocenters. The van der Waals surface area contributed by atoms with Crippen LogP contribution in [0.25, 0.3) is 16.9 Å². The zero-order valence-electron chi connectivity index (χ0n) is 16.8. The van der Waals surface area contributed by atoms with E-state index in [9.17, 15) is 17.6 Å². The molecule has 4 rings (SSSR count). The van der Waals surface area contributed by atoms with Crippen molar-refractivity contribution in [3.63, 3.8) is 0 Å². The lowest BCUT2D eigenvalue weighted by Gasteiger charge is -2.08. The van der Waals surface area contributed by atoms with E-state index in [1.807, 2.05) is 0 Å². The van der Waals surface area contributed by atoms with Crippen LogP contribution < -0.4 is 10.6 Å². The van der Waals surface area contributed by atoms with Crippen molar-refractivity contribution in [2.45, 2.75) is 4.90 Å². The molecule has 0 atom stereocenters. The molecule has 0 bridgehead atoms. The summed E-state index contributed by atoms with van der Waals surface area (Å²) in [5, 5.41) is 9.92. The second-order valence-electron chi connectivity index (χ2n) is 6.87. The molecule has 33 heavy (non-hydrogen) atoms. The highest BCUT2D eigenvalue weighted by atomic mass is 35.5. The molecule has 0 radical (unpaired) electrons. The van der Waals surface area contributed by atoms with E-state index in [0.717, 1.165) is 0 Å². The lowest BCUT2D eigenvalue weighted by molar-refractivity contribution is 0.0589. The Kier molecular flexibility index (Phi) is 6.14. The topological polar surface area (TPSA) is 116 Å². The Hall–Kier alpha value is -3.73. The number of carbonyl (C=O) groups is 1. The summed E-state index contributed by atoms with van der Waals surface area (Å²) in [5.41, 5.74) is 4.40. The molecular formula is C22H16ClFN4O4S. The first-order chi connectivity index (χ1) is 15.7. The molecule has 3 aromatic carbocycles. The van der Waals surface area contributed by atoms with E-state index in [1.165, 1.54) is 59.3 Å². The van der Waals surface area contributed by atoms with Crippen LogP contribution in [0.5, 0.6) is 0 Å². The van der Waals surface area contributed by atoms with Crippen molar-refractivity contribution in [1.82, 2.24) is 9.78 Å². The lowest BCUT2D eigenvalue weighted by atomic mass is 10.1. The summed E-state index contributed by atoms with van der Waals surface area (Å²) in [7, 11) is -3.88. The molecule has 0 saturated carbocycles. The third kappa shape index (κ3) is 5.20. The molecule has 0 amide bonds. The fraction of sp³-hybridized carbons (Fsp3) is 0. The Morgan fingerprint density at radius 1 is 1.03 bits per heavy atom. The zero-order chi connectivity index (χ0) is 23.6. The van der Waals surface area contributed by atoms with Gasteiger partial charge in [0.25, 0.3) is 0 Å². The molecule has 0 spiro atoms. The quantitative estimate of drug-likeness (QED) is 0.395. The number of sulfonamides is 1. The van der Waals surface area contributed by atoms with Crippen LogP contribution in [0.4, 0.5) is 10.1 Å². The number of rotatable bonds is 6. The second-order valence-corrected chi connectivity index (χ2v) is 8.87.